The van der Waals surface area contributed by atoms with Crippen molar-refractivity contribution in [2.24, 2.45) is 11.8 Å². The van der Waals surface area contributed by atoms with E-state index in [0.717, 1.165) is 71.3 Å². The van der Waals surface area contributed by atoms with Gasteiger partial charge in [0, 0.05) is 52.3 Å². The lowest BCUT2D eigenvalue weighted by molar-refractivity contribution is -0.389. The lowest BCUT2D eigenvalue weighted by Crippen LogP contribution is -2.45. The normalized spacial score (nSPS) is 20.5. The summed E-state index contributed by atoms with van der Waals surface area (Å²) >= 11 is 13.9. The van der Waals surface area contributed by atoms with Gasteiger partial charge in [0.1, 0.15) is 19.0 Å². The fourth-order valence-corrected chi connectivity index (χ4v) is 8.73. The van der Waals surface area contributed by atoms with Gasteiger partial charge in [-0.25, -0.2) is 0 Å². The minimum atomic E-state index is -0.568. The Labute approximate surface area is 278 Å². The first-order valence-corrected chi connectivity index (χ1v) is 17.1. The Balaban J connectivity index is 1.05. The van der Waals surface area contributed by atoms with Crippen LogP contribution in [0.1, 0.15) is 60.4 Å². The third kappa shape index (κ3) is 6.89. The number of hydrogen-bond acceptors (Lipinski definition) is 7. The number of likely N-dealkylation sites (tertiary alicyclic amines) is 2. The minimum absolute atomic E-state index is 0.0371. The second-order valence-electron chi connectivity index (χ2n) is 12.2. The summed E-state index contributed by atoms with van der Waals surface area (Å²) in [4.78, 5) is 35.7. The van der Waals surface area contributed by atoms with Crippen LogP contribution in [0.3, 0.4) is 0 Å². The number of aromatic nitrogens is 3. The van der Waals surface area contributed by atoms with Crippen LogP contribution < -0.4 is 0 Å². The number of nitrogens with zero attached hydrogens (tertiary/aromatic N) is 6. The number of nitro groups is 1. The molecule has 0 radical (unpaired) electrons. The fraction of sp³-hybridized carbons (Fsp3) is 0.516. The number of halogens is 3. The second-order valence-corrected chi connectivity index (χ2v) is 14.4. The summed E-state index contributed by atoms with van der Waals surface area (Å²) in [6, 6.07) is 6.31. The van der Waals surface area contributed by atoms with E-state index in [4.69, 9.17) is 16.6 Å². The van der Waals surface area contributed by atoms with E-state index in [2.05, 4.69) is 53.9 Å². The van der Waals surface area contributed by atoms with Crippen molar-refractivity contribution in [1.82, 2.24) is 24.3 Å². The van der Waals surface area contributed by atoms with Gasteiger partial charge < -0.3 is 24.7 Å². The molecule has 44 heavy (non-hydrogen) atoms. The number of benzene rings is 1. The number of aryl methyl sites for hydroxylation is 2. The molecular formula is C31H35Br2ClN6O4. The van der Waals surface area contributed by atoms with E-state index in [1.807, 2.05) is 12.3 Å². The Bertz CT molecular complexity index is 1540. The Kier molecular flexibility index (Phi) is 9.72. The summed E-state index contributed by atoms with van der Waals surface area (Å²) in [5, 5.41) is 22.9. The second kappa shape index (κ2) is 13.5. The standard InChI is InChI=1S/C31H35Br2ClN6O4/c32-23-12-22-2-1-21-13-24(34)14-25(33)29(21)30(31(22)35-15-23)20-5-9-38(10-6-20)27(41)11-19-3-7-39(8-4-19)28(42)17-37-16-26(36-18-37)40(43)44/h12-16,18-20,27,30,41H,1-11,17H2/t27?,30-/m1/s1. The molecule has 2 aromatic heterocycles. The van der Waals surface area contributed by atoms with Gasteiger partial charge in [-0.2, -0.15) is 0 Å². The molecular weight excluding hydrogens is 716 g/mol. The van der Waals surface area contributed by atoms with Crippen LogP contribution in [0.25, 0.3) is 0 Å². The van der Waals surface area contributed by atoms with Crippen LogP contribution in [0.5, 0.6) is 0 Å². The van der Waals surface area contributed by atoms with E-state index in [1.165, 1.54) is 33.8 Å². The predicted molar refractivity (Wildman–Crippen MR) is 173 cm³/mol. The highest BCUT2D eigenvalue weighted by Crippen LogP contribution is 2.46. The third-order valence-corrected chi connectivity index (χ3v) is 10.8. The molecule has 1 aromatic carbocycles. The van der Waals surface area contributed by atoms with Crippen molar-refractivity contribution in [2.75, 3.05) is 26.2 Å². The molecule has 1 N–H and O–H groups in total. The maximum Gasteiger partial charge on any atom is 0.381 e. The van der Waals surface area contributed by atoms with Crippen molar-refractivity contribution in [3.63, 3.8) is 0 Å². The summed E-state index contributed by atoms with van der Waals surface area (Å²) in [6.45, 7) is 2.93. The molecule has 1 amide bonds. The van der Waals surface area contributed by atoms with Crippen molar-refractivity contribution in [3.05, 3.63) is 83.4 Å². The number of fused-ring (bicyclic) bond motifs is 2. The number of carbonyl (C=O) groups excluding carboxylic acids is 1. The number of imidazole rings is 1. The maximum absolute atomic E-state index is 12.7. The van der Waals surface area contributed by atoms with Gasteiger partial charge in [0.15, 0.2) is 0 Å². The largest absolute Gasteiger partial charge is 0.381 e. The molecule has 1 unspecified atom stereocenters. The van der Waals surface area contributed by atoms with Crippen molar-refractivity contribution in [1.29, 1.82) is 0 Å². The Morgan fingerprint density at radius 2 is 1.80 bits per heavy atom. The van der Waals surface area contributed by atoms with Crippen molar-refractivity contribution >= 4 is 55.2 Å². The van der Waals surface area contributed by atoms with Gasteiger partial charge >= 0.3 is 5.82 Å². The quantitative estimate of drug-likeness (QED) is 0.234. The molecule has 0 saturated carbocycles. The SMILES string of the molecule is O=C(Cn1cnc([N+](=O)[O-])c1)N1CCC(CC(O)N2CCC([C@H]3c4ncc(Br)cc4CCc4cc(Cl)cc(Br)c43)CC2)CC1. The summed E-state index contributed by atoms with van der Waals surface area (Å²) in [7, 11) is 0. The number of carbonyl (C=O) groups is 1. The first-order chi connectivity index (χ1) is 21.2. The van der Waals surface area contributed by atoms with Crippen molar-refractivity contribution in [2.45, 2.75) is 63.6 Å². The first kappa shape index (κ1) is 31.6. The lowest BCUT2D eigenvalue weighted by Gasteiger charge is -2.40. The van der Waals surface area contributed by atoms with E-state index in [0.29, 0.717) is 31.3 Å². The number of aliphatic hydroxyl groups is 1. The summed E-state index contributed by atoms with van der Waals surface area (Å²) in [5.41, 5.74) is 5.01. The molecule has 13 heteroatoms. The van der Waals surface area contributed by atoms with Crippen LogP contribution in [0.15, 0.2) is 45.9 Å². The van der Waals surface area contributed by atoms with Gasteiger partial charge in [0.25, 0.3) is 0 Å². The van der Waals surface area contributed by atoms with Gasteiger partial charge in [0.2, 0.25) is 12.2 Å². The van der Waals surface area contributed by atoms with E-state index in [1.54, 1.807) is 4.90 Å². The number of rotatable bonds is 7. The molecule has 0 spiro atoms. The summed E-state index contributed by atoms with van der Waals surface area (Å²) in [6.07, 6.45) is 10.1. The number of pyridine rings is 1. The minimum Gasteiger partial charge on any atom is -0.378 e. The maximum atomic E-state index is 12.7. The molecule has 10 nitrogen and oxygen atoms in total. The number of piperidine rings is 2. The van der Waals surface area contributed by atoms with Gasteiger partial charge in [0.05, 0.1) is 5.69 Å². The molecule has 0 bridgehead atoms. The molecule has 4 heterocycles. The Morgan fingerprint density at radius 1 is 1.07 bits per heavy atom. The zero-order valence-electron chi connectivity index (χ0n) is 24.2. The first-order valence-electron chi connectivity index (χ1n) is 15.1. The Morgan fingerprint density at radius 3 is 2.50 bits per heavy atom. The highest BCUT2D eigenvalue weighted by Gasteiger charge is 2.37. The summed E-state index contributed by atoms with van der Waals surface area (Å²) < 4.78 is 3.49. The van der Waals surface area contributed by atoms with E-state index in [9.17, 15) is 20.0 Å². The molecule has 2 atom stereocenters. The topological polar surface area (TPSA) is 118 Å². The average Bonchev–Trinajstić information content (AvgIpc) is 3.41. The van der Waals surface area contributed by atoms with Gasteiger partial charge in [-0.3, -0.25) is 14.7 Å². The molecule has 2 fully saturated rings. The molecule has 2 aliphatic heterocycles. The number of aliphatic hydroxyl groups excluding tert-OH is 1. The van der Waals surface area contributed by atoms with Gasteiger partial charge in [-0.05, 0) is 118 Å². The van der Waals surface area contributed by atoms with Crippen LogP contribution in [-0.2, 0) is 24.2 Å². The van der Waals surface area contributed by atoms with Crippen molar-refractivity contribution in [3.8, 4) is 0 Å². The van der Waals surface area contributed by atoms with Gasteiger partial charge in [-0.15, -0.1) is 0 Å². The molecule has 2 saturated heterocycles. The van der Waals surface area contributed by atoms with Crippen LogP contribution >= 0.6 is 43.5 Å². The fourth-order valence-electron chi connectivity index (χ4n) is 7.23. The van der Waals surface area contributed by atoms with Crippen LogP contribution in [0.2, 0.25) is 5.02 Å². The smallest absolute Gasteiger partial charge is 0.378 e. The zero-order chi connectivity index (χ0) is 31.0. The van der Waals surface area contributed by atoms with Crippen LogP contribution in [0, 0.1) is 22.0 Å². The molecule has 234 valence electrons. The molecule has 6 rings (SSSR count). The molecule has 1 aliphatic carbocycles. The number of amides is 1. The van der Waals surface area contributed by atoms with Crippen LogP contribution in [0.4, 0.5) is 5.82 Å². The van der Waals surface area contributed by atoms with Crippen LogP contribution in [-0.4, -0.2) is 72.7 Å². The lowest BCUT2D eigenvalue weighted by atomic mass is 9.76. The average molecular weight is 751 g/mol. The third-order valence-electron chi connectivity index (χ3n) is 9.52. The van der Waals surface area contributed by atoms with E-state index >= 15 is 0 Å². The predicted octanol–water partition coefficient (Wildman–Crippen LogP) is 5.95. The molecule has 3 aliphatic rings. The number of hydrogen-bond donors (Lipinski definition) is 1. The van der Waals surface area contributed by atoms with E-state index < -0.39 is 11.2 Å². The van der Waals surface area contributed by atoms with Crippen molar-refractivity contribution < 1.29 is 14.8 Å². The highest BCUT2D eigenvalue weighted by molar-refractivity contribution is 9.10. The monoisotopic (exact) mass is 748 g/mol. The summed E-state index contributed by atoms with van der Waals surface area (Å²) in [5.74, 6) is 0.560. The highest BCUT2D eigenvalue weighted by atomic mass is 79.9. The molecule has 3 aromatic rings. The van der Waals surface area contributed by atoms with Gasteiger partial charge in [-0.1, -0.05) is 27.5 Å². The van der Waals surface area contributed by atoms with E-state index in [-0.39, 0.29) is 24.2 Å². The zero-order valence-corrected chi connectivity index (χ0v) is 28.2. The Hall–Kier alpha value is -2.38.